The Labute approximate surface area is 205 Å². The Morgan fingerprint density at radius 3 is 2.46 bits per heavy atom. The fraction of sp³-hybridized carbons (Fsp3) is 0.407. The minimum absolute atomic E-state index is 0.0689. The molecule has 186 valence electrons. The molecule has 0 saturated heterocycles. The van der Waals surface area contributed by atoms with Gasteiger partial charge in [-0.2, -0.15) is 0 Å². The SMILES string of the molecule is CC(C)C(NC(=O)OCc1ccccc1)C(=O)NC1CCc2cccc(c2)CCCNC(=O)C1=O. The molecule has 0 spiro atoms. The molecule has 0 aromatic heterocycles. The summed E-state index contributed by atoms with van der Waals surface area (Å²) in [4.78, 5) is 50.7. The lowest BCUT2D eigenvalue weighted by Crippen LogP contribution is -2.55. The minimum Gasteiger partial charge on any atom is -0.445 e. The number of amides is 3. The van der Waals surface area contributed by atoms with Crippen molar-refractivity contribution in [1.82, 2.24) is 16.0 Å². The molecule has 1 aliphatic rings. The van der Waals surface area contributed by atoms with Gasteiger partial charge in [0.05, 0.1) is 6.04 Å². The number of alkyl carbamates (subject to hydrolysis) is 1. The molecule has 2 unspecified atom stereocenters. The van der Waals surface area contributed by atoms with Crippen LogP contribution in [0.3, 0.4) is 0 Å². The van der Waals surface area contributed by atoms with Gasteiger partial charge >= 0.3 is 6.09 Å². The molecule has 3 rings (SSSR count). The van der Waals surface area contributed by atoms with E-state index in [2.05, 4.69) is 22.0 Å². The molecule has 1 aliphatic heterocycles. The fourth-order valence-corrected chi connectivity index (χ4v) is 3.95. The molecule has 8 nitrogen and oxygen atoms in total. The highest BCUT2D eigenvalue weighted by Gasteiger charge is 2.31. The summed E-state index contributed by atoms with van der Waals surface area (Å²) in [6.45, 7) is 4.00. The second-order valence-corrected chi connectivity index (χ2v) is 9.07. The average molecular weight is 480 g/mol. The number of rotatable bonds is 6. The van der Waals surface area contributed by atoms with Crippen LogP contribution in [0, 0.1) is 5.92 Å². The molecule has 3 N–H and O–H groups in total. The molecule has 2 aromatic rings. The number of nitrogens with one attached hydrogen (secondary N) is 3. The molecule has 0 fully saturated rings. The van der Waals surface area contributed by atoms with Crippen molar-refractivity contribution in [2.24, 2.45) is 5.92 Å². The first kappa shape index (κ1) is 25.9. The third-order valence-electron chi connectivity index (χ3n) is 5.93. The van der Waals surface area contributed by atoms with Crippen molar-refractivity contribution in [3.05, 3.63) is 71.3 Å². The molecule has 0 radical (unpaired) electrons. The van der Waals surface area contributed by atoms with E-state index >= 15 is 0 Å². The van der Waals surface area contributed by atoms with Gasteiger partial charge in [-0.15, -0.1) is 0 Å². The summed E-state index contributed by atoms with van der Waals surface area (Å²) in [7, 11) is 0. The summed E-state index contributed by atoms with van der Waals surface area (Å²) in [5.74, 6) is -2.21. The molecule has 35 heavy (non-hydrogen) atoms. The average Bonchev–Trinajstić information content (AvgIpc) is 2.85. The molecule has 2 bridgehead atoms. The maximum Gasteiger partial charge on any atom is 0.408 e. The van der Waals surface area contributed by atoms with E-state index in [1.165, 1.54) is 5.56 Å². The van der Waals surface area contributed by atoms with Crippen molar-refractivity contribution < 1.29 is 23.9 Å². The first-order valence-corrected chi connectivity index (χ1v) is 12.0. The summed E-state index contributed by atoms with van der Waals surface area (Å²) >= 11 is 0. The summed E-state index contributed by atoms with van der Waals surface area (Å²) in [5, 5.41) is 7.94. The van der Waals surface area contributed by atoms with Crippen LogP contribution >= 0.6 is 0 Å². The zero-order chi connectivity index (χ0) is 25.2. The first-order valence-electron chi connectivity index (χ1n) is 12.0. The van der Waals surface area contributed by atoms with Crippen molar-refractivity contribution in [3.8, 4) is 0 Å². The molecule has 3 amide bonds. The fourth-order valence-electron chi connectivity index (χ4n) is 3.95. The molecular formula is C27H33N3O5. The van der Waals surface area contributed by atoms with Gasteiger partial charge in [-0.1, -0.05) is 68.4 Å². The summed E-state index contributed by atoms with van der Waals surface area (Å²) in [5.41, 5.74) is 3.03. The lowest BCUT2D eigenvalue weighted by atomic mass is 9.97. The van der Waals surface area contributed by atoms with Gasteiger partial charge in [0.2, 0.25) is 11.7 Å². The number of hydrogen-bond donors (Lipinski definition) is 3. The van der Waals surface area contributed by atoms with Gasteiger partial charge in [0.1, 0.15) is 12.6 Å². The highest BCUT2D eigenvalue weighted by molar-refractivity contribution is 6.38. The van der Waals surface area contributed by atoms with Gasteiger partial charge in [-0.05, 0) is 48.3 Å². The maximum atomic E-state index is 13.1. The highest BCUT2D eigenvalue weighted by atomic mass is 16.5. The molecule has 0 aliphatic carbocycles. The lowest BCUT2D eigenvalue weighted by molar-refractivity contribution is -0.140. The van der Waals surface area contributed by atoms with Gasteiger partial charge in [0, 0.05) is 6.54 Å². The standard InChI is InChI=1S/C27H33N3O5/c1-18(2)23(30-27(34)35-17-21-8-4-3-5-9-21)25(32)29-22-14-13-20-11-6-10-19(16-20)12-7-15-28-26(33)24(22)31/h3-6,8-11,16,18,22-23H,7,12-15,17H2,1-2H3,(H,28,33)(H,29,32)(H,30,34). The van der Waals surface area contributed by atoms with E-state index in [1.807, 2.05) is 48.5 Å². The van der Waals surface area contributed by atoms with Crippen molar-refractivity contribution in [3.63, 3.8) is 0 Å². The van der Waals surface area contributed by atoms with Crippen molar-refractivity contribution >= 4 is 23.7 Å². The van der Waals surface area contributed by atoms with Crippen LogP contribution in [-0.2, 0) is 38.6 Å². The van der Waals surface area contributed by atoms with E-state index in [-0.39, 0.29) is 18.9 Å². The Morgan fingerprint density at radius 2 is 1.74 bits per heavy atom. The van der Waals surface area contributed by atoms with Crippen LogP contribution in [0.1, 0.15) is 43.4 Å². The van der Waals surface area contributed by atoms with E-state index in [1.54, 1.807) is 13.8 Å². The van der Waals surface area contributed by atoms with E-state index < -0.39 is 35.8 Å². The number of aryl methyl sites for hydroxylation is 2. The number of hydrogen-bond acceptors (Lipinski definition) is 5. The smallest absolute Gasteiger partial charge is 0.408 e. The quantitative estimate of drug-likeness (QED) is 0.552. The van der Waals surface area contributed by atoms with Crippen molar-refractivity contribution in [1.29, 1.82) is 0 Å². The molecule has 0 saturated carbocycles. The summed E-state index contributed by atoms with van der Waals surface area (Å²) < 4.78 is 5.24. The van der Waals surface area contributed by atoms with E-state index in [4.69, 9.17) is 4.74 Å². The van der Waals surface area contributed by atoms with E-state index in [9.17, 15) is 19.2 Å². The van der Waals surface area contributed by atoms with Crippen LogP contribution in [0.15, 0.2) is 54.6 Å². The van der Waals surface area contributed by atoms with Gasteiger partial charge in [-0.3, -0.25) is 14.4 Å². The molecule has 1 heterocycles. The summed E-state index contributed by atoms with van der Waals surface area (Å²) in [6, 6.07) is 15.3. The van der Waals surface area contributed by atoms with E-state index in [0.29, 0.717) is 19.4 Å². The van der Waals surface area contributed by atoms with Gasteiger partial charge < -0.3 is 20.7 Å². The Balaban J connectivity index is 1.66. The zero-order valence-corrected chi connectivity index (χ0v) is 20.2. The second-order valence-electron chi connectivity index (χ2n) is 9.07. The monoisotopic (exact) mass is 479 g/mol. The Kier molecular flexibility index (Phi) is 9.40. The number of ether oxygens (including phenoxy) is 1. The predicted octanol–water partition coefficient (Wildman–Crippen LogP) is 2.69. The third-order valence-corrected chi connectivity index (χ3v) is 5.93. The van der Waals surface area contributed by atoms with E-state index in [0.717, 1.165) is 17.5 Å². The van der Waals surface area contributed by atoms with Crippen LogP contribution in [0.4, 0.5) is 4.79 Å². The highest BCUT2D eigenvalue weighted by Crippen LogP contribution is 2.13. The Bertz CT molecular complexity index is 1040. The number of fused-ring (bicyclic) bond motifs is 2. The number of carbonyl (C=O) groups excluding carboxylic acids is 4. The van der Waals surface area contributed by atoms with Gasteiger partial charge in [0.25, 0.3) is 5.91 Å². The number of Topliss-reactive ketones (excluding diaryl/α,β-unsaturated/α-hetero) is 1. The maximum absolute atomic E-state index is 13.1. The molecule has 8 heteroatoms. The third kappa shape index (κ3) is 7.95. The number of benzene rings is 2. The summed E-state index contributed by atoms with van der Waals surface area (Å²) in [6.07, 6.45) is 1.58. The number of carbonyl (C=O) groups is 4. The van der Waals surface area contributed by atoms with Crippen molar-refractivity contribution in [2.45, 2.75) is 58.2 Å². The number of ketones is 1. The minimum atomic E-state index is -1.01. The predicted molar refractivity (Wildman–Crippen MR) is 131 cm³/mol. The first-order chi connectivity index (χ1) is 16.8. The Morgan fingerprint density at radius 1 is 1.03 bits per heavy atom. The Hall–Kier alpha value is -3.68. The normalized spacial score (nSPS) is 17.4. The van der Waals surface area contributed by atoms with Crippen LogP contribution in [0.5, 0.6) is 0 Å². The van der Waals surface area contributed by atoms with Crippen LogP contribution in [-0.4, -0.2) is 42.3 Å². The van der Waals surface area contributed by atoms with Crippen LogP contribution in [0.2, 0.25) is 0 Å². The molecule has 2 atom stereocenters. The lowest BCUT2D eigenvalue weighted by Gasteiger charge is -2.25. The van der Waals surface area contributed by atoms with Gasteiger partial charge in [0.15, 0.2) is 0 Å². The van der Waals surface area contributed by atoms with Crippen LogP contribution in [0.25, 0.3) is 0 Å². The molecular weight excluding hydrogens is 446 g/mol. The molecule has 2 aromatic carbocycles. The largest absolute Gasteiger partial charge is 0.445 e. The van der Waals surface area contributed by atoms with Gasteiger partial charge in [-0.25, -0.2) is 4.79 Å². The van der Waals surface area contributed by atoms with Crippen LogP contribution < -0.4 is 16.0 Å². The van der Waals surface area contributed by atoms with Crippen molar-refractivity contribution in [2.75, 3.05) is 6.54 Å². The topological polar surface area (TPSA) is 114 Å². The zero-order valence-electron chi connectivity index (χ0n) is 20.2. The second kappa shape index (κ2) is 12.7.